The summed E-state index contributed by atoms with van der Waals surface area (Å²) in [6.07, 6.45) is 6.01. The van der Waals surface area contributed by atoms with Gasteiger partial charge >= 0.3 is 5.91 Å². The van der Waals surface area contributed by atoms with Gasteiger partial charge in [-0.3, -0.25) is 4.79 Å². The Kier molecular flexibility index (Phi) is 3.43. The molecule has 1 amide bonds. The molecule has 1 heterocycles. The number of nitrogens with one attached hydrogen (secondary N) is 1. The van der Waals surface area contributed by atoms with Crippen molar-refractivity contribution in [3.8, 4) is 0 Å². The van der Waals surface area contributed by atoms with Gasteiger partial charge in [0.15, 0.2) is 0 Å². The van der Waals surface area contributed by atoms with Crippen molar-refractivity contribution in [2.45, 2.75) is 43.7 Å². The maximum atomic E-state index is 11.7. The summed E-state index contributed by atoms with van der Waals surface area (Å²) in [4.78, 5) is 26.2. The topological polar surface area (TPSA) is 91.7 Å². The van der Waals surface area contributed by atoms with E-state index in [0.717, 1.165) is 32.1 Å². The fourth-order valence-corrected chi connectivity index (χ4v) is 5.32. The number of aromatic nitrogens is 1. The maximum Gasteiger partial charge on any atom is 0.320 e. The first-order valence-electron chi connectivity index (χ1n) is 7.99. The minimum atomic E-state index is -0.848. The number of nitrogens with zero attached hydrogens (tertiary/aromatic N) is 2. The summed E-state index contributed by atoms with van der Waals surface area (Å²) >= 11 is 5.94. The van der Waals surface area contributed by atoms with Gasteiger partial charge < -0.3 is 10.4 Å². The highest BCUT2D eigenvalue weighted by Gasteiger charge is 2.54. The van der Waals surface area contributed by atoms with Crippen molar-refractivity contribution in [3.05, 3.63) is 27.9 Å². The molecule has 0 spiro atoms. The van der Waals surface area contributed by atoms with Gasteiger partial charge in [-0.05, 0) is 55.9 Å². The lowest BCUT2D eigenvalue weighted by molar-refractivity contribution is -0.129. The lowest BCUT2D eigenvalue weighted by atomic mass is 9.52. The first-order valence-corrected chi connectivity index (χ1v) is 8.37. The van der Waals surface area contributed by atoms with E-state index in [0.29, 0.717) is 23.4 Å². The summed E-state index contributed by atoms with van der Waals surface area (Å²) in [6.45, 7) is 0. The SMILES string of the molecule is O=NC(=O)c1cnc(Cl)cc1N[C@H]1[C@@H]2CC3C[C@H]1C[C@@](O)(C3)C2. The van der Waals surface area contributed by atoms with E-state index >= 15 is 0 Å². The summed E-state index contributed by atoms with van der Waals surface area (Å²) in [5, 5.41) is 16.8. The standard InChI is InChI=1S/C16H18ClN3O3/c17-13-3-12(11(7-18-13)15(21)20-23)19-14-9-1-8-2-10(14)6-16(22,4-8)5-9/h3,7-10,14,22H,1-2,4-6H2,(H,18,19)/t8?,9-,10+,14+,16-. The van der Waals surface area contributed by atoms with Crippen molar-refractivity contribution >= 4 is 23.2 Å². The number of halogens is 1. The van der Waals surface area contributed by atoms with Gasteiger partial charge in [-0.15, -0.1) is 4.91 Å². The molecule has 2 N–H and O–H groups in total. The molecule has 0 saturated heterocycles. The van der Waals surface area contributed by atoms with E-state index in [4.69, 9.17) is 11.6 Å². The Balaban J connectivity index is 1.63. The van der Waals surface area contributed by atoms with Crippen LogP contribution in [0.1, 0.15) is 42.5 Å². The molecule has 5 atom stereocenters. The van der Waals surface area contributed by atoms with Gasteiger partial charge in [-0.25, -0.2) is 4.98 Å². The quantitative estimate of drug-likeness (QED) is 0.654. The molecule has 1 aromatic heterocycles. The normalized spacial score (nSPS) is 37.7. The van der Waals surface area contributed by atoms with Gasteiger partial charge in [0.25, 0.3) is 0 Å². The van der Waals surface area contributed by atoms with Crippen LogP contribution < -0.4 is 5.32 Å². The van der Waals surface area contributed by atoms with Gasteiger partial charge in [-0.1, -0.05) is 11.6 Å². The van der Waals surface area contributed by atoms with Crippen molar-refractivity contribution < 1.29 is 9.90 Å². The Labute approximate surface area is 138 Å². The van der Waals surface area contributed by atoms with E-state index in [2.05, 4.69) is 15.5 Å². The fourth-order valence-electron chi connectivity index (χ4n) is 5.17. The summed E-state index contributed by atoms with van der Waals surface area (Å²) < 4.78 is 0. The summed E-state index contributed by atoms with van der Waals surface area (Å²) in [7, 11) is 0. The van der Waals surface area contributed by atoms with Crippen LogP contribution in [0, 0.1) is 22.7 Å². The molecule has 4 fully saturated rings. The smallest absolute Gasteiger partial charge is 0.320 e. The molecule has 1 unspecified atom stereocenters. The van der Waals surface area contributed by atoms with Crippen LogP contribution >= 0.6 is 11.6 Å². The minimum absolute atomic E-state index is 0.150. The molecule has 0 aromatic carbocycles. The second-order valence-electron chi connectivity index (χ2n) is 7.31. The Morgan fingerprint density at radius 3 is 2.65 bits per heavy atom. The van der Waals surface area contributed by atoms with Gasteiger partial charge in [-0.2, -0.15) is 0 Å². The molecule has 6 nitrogen and oxygen atoms in total. The molecule has 23 heavy (non-hydrogen) atoms. The number of amides is 1. The van der Waals surface area contributed by atoms with Gasteiger partial charge in [0.05, 0.1) is 16.9 Å². The minimum Gasteiger partial charge on any atom is -0.390 e. The van der Waals surface area contributed by atoms with Crippen molar-refractivity contribution in [3.63, 3.8) is 0 Å². The predicted molar refractivity (Wildman–Crippen MR) is 85.3 cm³/mol. The third kappa shape index (κ3) is 2.54. The van der Waals surface area contributed by atoms with Crippen LogP contribution in [0.2, 0.25) is 5.15 Å². The van der Waals surface area contributed by atoms with Gasteiger partial charge in [0.2, 0.25) is 0 Å². The highest BCUT2D eigenvalue weighted by atomic mass is 35.5. The molecule has 7 heteroatoms. The predicted octanol–water partition coefficient (Wildman–Crippen LogP) is 2.99. The number of anilines is 1. The molecule has 0 radical (unpaired) electrons. The van der Waals surface area contributed by atoms with Crippen molar-refractivity contribution in [2.75, 3.05) is 5.32 Å². The molecule has 1 aromatic rings. The van der Waals surface area contributed by atoms with Crippen LogP contribution in [0.25, 0.3) is 0 Å². The Bertz CT molecular complexity index is 665. The van der Waals surface area contributed by atoms with E-state index in [-0.39, 0.29) is 16.8 Å². The molecule has 0 aliphatic heterocycles. The van der Waals surface area contributed by atoms with E-state index < -0.39 is 11.5 Å². The molecule has 4 aliphatic rings. The van der Waals surface area contributed by atoms with Crippen LogP contribution in [0.15, 0.2) is 17.4 Å². The zero-order valence-corrected chi connectivity index (χ0v) is 13.3. The zero-order valence-electron chi connectivity index (χ0n) is 12.5. The second kappa shape index (κ2) is 5.24. The first kappa shape index (κ1) is 15.0. The van der Waals surface area contributed by atoms with Crippen molar-refractivity contribution in [2.24, 2.45) is 22.9 Å². The Morgan fingerprint density at radius 2 is 2.04 bits per heavy atom. The first-order chi connectivity index (χ1) is 11.0. The lowest BCUT2D eigenvalue weighted by Gasteiger charge is -2.58. The van der Waals surface area contributed by atoms with Gasteiger partial charge in [0, 0.05) is 17.4 Å². The fraction of sp³-hybridized carbons (Fsp3) is 0.625. The number of aliphatic hydroxyl groups is 1. The third-order valence-electron chi connectivity index (χ3n) is 5.75. The number of hydrogen-bond donors (Lipinski definition) is 2. The molecule has 4 bridgehead atoms. The summed E-state index contributed by atoms with van der Waals surface area (Å²) in [5.74, 6) is 0.518. The average molecular weight is 336 g/mol. The van der Waals surface area contributed by atoms with E-state index in [1.165, 1.54) is 6.20 Å². The Hall–Kier alpha value is -1.53. The van der Waals surface area contributed by atoms with E-state index in [1.807, 2.05) is 0 Å². The van der Waals surface area contributed by atoms with Crippen molar-refractivity contribution in [1.82, 2.24) is 4.98 Å². The molecule has 5 rings (SSSR count). The number of carbonyl (C=O) groups is 1. The van der Waals surface area contributed by atoms with Crippen LogP contribution in [0.3, 0.4) is 0 Å². The summed E-state index contributed by atoms with van der Waals surface area (Å²) in [5.41, 5.74) is 0.157. The number of nitroso groups, excluding NO2 is 1. The van der Waals surface area contributed by atoms with E-state index in [1.54, 1.807) is 6.07 Å². The van der Waals surface area contributed by atoms with E-state index in [9.17, 15) is 14.8 Å². The van der Waals surface area contributed by atoms with Crippen LogP contribution in [-0.4, -0.2) is 27.6 Å². The molecule has 122 valence electrons. The zero-order chi connectivity index (χ0) is 16.2. The average Bonchev–Trinajstić information content (AvgIpc) is 2.48. The second-order valence-corrected chi connectivity index (χ2v) is 7.70. The number of carbonyl (C=O) groups excluding carboxylic acids is 1. The maximum absolute atomic E-state index is 11.7. The van der Waals surface area contributed by atoms with Crippen LogP contribution in [-0.2, 0) is 0 Å². The molecular formula is C16H18ClN3O3. The monoisotopic (exact) mass is 335 g/mol. The number of pyridine rings is 1. The van der Waals surface area contributed by atoms with Crippen LogP contribution in [0.5, 0.6) is 0 Å². The summed E-state index contributed by atoms with van der Waals surface area (Å²) in [6, 6.07) is 1.75. The number of rotatable bonds is 3. The highest BCUT2D eigenvalue weighted by molar-refractivity contribution is 6.29. The third-order valence-corrected chi connectivity index (χ3v) is 5.95. The highest BCUT2D eigenvalue weighted by Crippen LogP contribution is 2.56. The van der Waals surface area contributed by atoms with Gasteiger partial charge in [0.1, 0.15) is 5.15 Å². The largest absolute Gasteiger partial charge is 0.390 e. The lowest BCUT2D eigenvalue weighted by Crippen LogP contribution is -2.59. The Morgan fingerprint density at radius 1 is 1.35 bits per heavy atom. The molecular weight excluding hydrogens is 318 g/mol. The van der Waals surface area contributed by atoms with Crippen LogP contribution in [0.4, 0.5) is 5.69 Å². The number of hydrogen-bond acceptors (Lipinski definition) is 5. The molecule has 4 aliphatic carbocycles. The molecule has 4 saturated carbocycles. The van der Waals surface area contributed by atoms with Crippen molar-refractivity contribution in [1.29, 1.82) is 0 Å².